The number of nitrogens with one attached hydrogen (secondary N) is 1. The van der Waals surface area contributed by atoms with Crippen LogP contribution in [0.1, 0.15) is 18.1 Å². The number of benzene rings is 2. The quantitative estimate of drug-likeness (QED) is 0.645. The summed E-state index contributed by atoms with van der Waals surface area (Å²) in [7, 11) is 0. The molecule has 1 aromatic heterocycles. The van der Waals surface area contributed by atoms with Crippen molar-refractivity contribution in [2.75, 3.05) is 5.32 Å². The Bertz CT molecular complexity index is 1010. The molecule has 0 bridgehead atoms. The first-order valence-electron chi connectivity index (χ1n) is 8.25. The summed E-state index contributed by atoms with van der Waals surface area (Å²) in [5, 5.41) is 3.39. The molecular formula is C20H17ClFNO4. The first kappa shape index (κ1) is 18.9. The van der Waals surface area contributed by atoms with Gasteiger partial charge in [-0.25, -0.2) is 4.39 Å². The van der Waals surface area contributed by atoms with E-state index in [4.69, 9.17) is 20.8 Å². The van der Waals surface area contributed by atoms with Crippen LogP contribution in [0.4, 0.5) is 10.1 Å². The van der Waals surface area contributed by atoms with Crippen molar-refractivity contribution in [1.29, 1.82) is 0 Å². The van der Waals surface area contributed by atoms with E-state index in [1.807, 2.05) is 25.1 Å². The minimum Gasteiger partial charge on any atom is -0.464 e. The van der Waals surface area contributed by atoms with Gasteiger partial charge in [0.15, 0.2) is 6.10 Å². The van der Waals surface area contributed by atoms with Crippen LogP contribution >= 0.6 is 11.6 Å². The first-order chi connectivity index (χ1) is 12.8. The fourth-order valence-corrected chi connectivity index (χ4v) is 2.81. The van der Waals surface area contributed by atoms with Gasteiger partial charge in [-0.1, -0.05) is 23.7 Å². The normalized spacial score (nSPS) is 12.0. The summed E-state index contributed by atoms with van der Waals surface area (Å²) in [4.78, 5) is 24.4. The number of furan rings is 1. The third-order valence-electron chi connectivity index (χ3n) is 4.01. The minimum absolute atomic E-state index is 0.0228. The average Bonchev–Trinajstić information content (AvgIpc) is 2.98. The van der Waals surface area contributed by atoms with Crippen molar-refractivity contribution in [1.82, 2.24) is 0 Å². The van der Waals surface area contributed by atoms with Crippen LogP contribution in [0.15, 0.2) is 47.1 Å². The highest BCUT2D eigenvalue weighted by molar-refractivity contribution is 6.33. The van der Waals surface area contributed by atoms with Crippen molar-refractivity contribution in [3.63, 3.8) is 0 Å². The zero-order valence-corrected chi connectivity index (χ0v) is 15.5. The molecule has 3 rings (SSSR count). The maximum Gasteiger partial charge on any atom is 0.311 e. The Kier molecular flexibility index (Phi) is 5.46. The van der Waals surface area contributed by atoms with E-state index in [0.717, 1.165) is 17.0 Å². The SMILES string of the molecule is Cc1ccc2c(CC(=O)O[C@H](C)C(=O)Nc3ccc(F)cc3Cl)coc2c1. The fourth-order valence-electron chi connectivity index (χ4n) is 2.60. The van der Waals surface area contributed by atoms with E-state index >= 15 is 0 Å². The number of carbonyl (C=O) groups excluding carboxylic acids is 2. The van der Waals surface area contributed by atoms with E-state index < -0.39 is 23.8 Å². The molecule has 0 aliphatic rings. The Labute approximate surface area is 160 Å². The van der Waals surface area contributed by atoms with E-state index in [0.29, 0.717) is 11.1 Å². The van der Waals surface area contributed by atoms with Crippen molar-refractivity contribution >= 4 is 40.1 Å². The second-order valence-corrected chi connectivity index (χ2v) is 6.59. The van der Waals surface area contributed by atoms with E-state index in [9.17, 15) is 14.0 Å². The third-order valence-corrected chi connectivity index (χ3v) is 4.33. The lowest BCUT2D eigenvalue weighted by molar-refractivity contribution is -0.152. The molecule has 3 aromatic rings. The number of halogens is 2. The molecule has 2 aromatic carbocycles. The number of rotatable bonds is 5. The lowest BCUT2D eigenvalue weighted by Gasteiger charge is -2.14. The maximum absolute atomic E-state index is 13.1. The predicted molar refractivity (Wildman–Crippen MR) is 100 cm³/mol. The zero-order chi connectivity index (χ0) is 19.6. The number of aryl methyl sites for hydroxylation is 1. The summed E-state index contributed by atoms with van der Waals surface area (Å²) in [5.41, 5.74) is 2.66. The second-order valence-electron chi connectivity index (χ2n) is 6.18. The van der Waals surface area contributed by atoms with Gasteiger partial charge < -0.3 is 14.5 Å². The van der Waals surface area contributed by atoms with Gasteiger partial charge >= 0.3 is 5.97 Å². The van der Waals surface area contributed by atoms with Crippen LogP contribution in [-0.2, 0) is 20.7 Å². The van der Waals surface area contributed by atoms with Gasteiger partial charge in [-0.05, 0) is 43.7 Å². The number of ether oxygens (including phenoxy) is 1. The molecule has 0 unspecified atom stereocenters. The highest BCUT2D eigenvalue weighted by atomic mass is 35.5. The number of amides is 1. The molecule has 0 aliphatic carbocycles. The molecule has 0 spiro atoms. The molecule has 1 heterocycles. The van der Waals surface area contributed by atoms with Crippen LogP contribution in [0.5, 0.6) is 0 Å². The average molecular weight is 390 g/mol. The topological polar surface area (TPSA) is 68.5 Å². The third kappa shape index (κ3) is 4.46. The molecule has 7 heteroatoms. The number of fused-ring (bicyclic) bond motifs is 1. The highest BCUT2D eigenvalue weighted by Crippen LogP contribution is 2.24. The molecule has 0 aliphatic heterocycles. The van der Waals surface area contributed by atoms with Crippen LogP contribution in [0.2, 0.25) is 5.02 Å². The van der Waals surface area contributed by atoms with Crippen molar-refractivity contribution in [3.05, 3.63) is 64.6 Å². The number of hydrogen-bond acceptors (Lipinski definition) is 4. The first-order valence-corrected chi connectivity index (χ1v) is 8.63. The predicted octanol–water partition coefficient (Wildman–Crippen LogP) is 4.65. The highest BCUT2D eigenvalue weighted by Gasteiger charge is 2.20. The van der Waals surface area contributed by atoms with Gasteiger partial charge in [0.05, 0.1) is 23.4 Å². The molecule has 27 heavy (non-hydrogen) atoms. The van der Waals surface area contributed by atoms with Gasteiger partial charge in [0.2, 0.25) is 0 Å². The summed E-state index contributed by atoms with van der Waals surface area (Å²) in [6.07, 6.45) is 0.443. The molecule has 1 N–H and O–H groups in total. The van der Waals surface area contributed by atoms with Crippen LogP contribution in [0.3, 0.4) is 0 Å². The largest absolute Gasteiger partial charge is 0.464 e. The van der Waals surface area contributed by atoms with Crippen LogP contribution < -0.4 is 5.32 Å². The molecular weight excluding hydrogens is 373 g/mol. The second kappa shape index (κ2) is 7.80. The lowest BCUT2D eigenvalue weighted by atomic mass is 10.1. The maximum atomic E-state index is 13.1. The van der Waals surface area contributed by atoms with Gasteiger partial charge in [0, 0.05) is 10.9 Å². The van der Waals surface area contributed by atoms with Gasteiger partial charge in [-0.2, -0.15) is 0 Å². The molecule has 5 nitrogen and oxygen atoms in total. The standard InChI is InChI=1S/C20H17ClFNO4/c1-11-3-5-15-13(10-26-18(15)7-11)8-19(24)27-12(2)20(25)23-17-6-4-14(22)9-16(17)21/h3-7,9-10,12H,8H2,1-2H3,(H,23,25)/t12-/m1/s1. The van der Waals surface area contributed by atoms with Crippen LogP contribution in [0, 0.1) is 12.7 Å². The van der Waals surface area contributed by atoms with E-state index in [1.54, 1.807) is 0 Å². The van der Waals surface area contributed by atoms with E-state index in [2.05, 4.69) is 5.32 Å². The lowest BCUT2D eigenvalue weighted by Crippen LogP contribution is -2.30. The Balaban J connectivity index is 1.61. The van der Waals surface area contributed by atoms with Gasteiger partial charge in [-0.15, -0.1) is 0 Å². The van der Waals surface area contributed by atoms with Gasteiger partial charge in [0.25, 0.3) is 5.91 Å². The fraction of sp³-hybridized carbons (Fsp3) is 0.200. The molecule has 0 saturated heterocycles. The van der Waals surface area contributed by atoms with Crippen molar-refractivity contribution in [2.24, 2.45) is 0 Å². The van der Waals surface area contributed by atoms with Crippen LogP contribution in [-0.4, -0.2) is 18.0 Å². The number of esters is 1. The smallest absolute Gasteiger partial charge is 0.311 e. The summed E-state index contributed by atoms with van der Waals surface area (Å²) in [6.45, 7) is 3.39. The Hall–Kier alpha value is -2.86. The number of anilines is 1. The Morgan fingerprint density at radius 1 is 1.26 bits per heavy atom. The molecule has 0 radical (unpaired) electrons. The van der Waals surface area contributed by atoms with Crippen LogP contribution in [0.25, 0.3) is 11.0 Å². The molecule has 0 saturated carbocycles. The van der Waals surface area contributed by atoms with Crippen molar-refractivity contribution in [2.45, 2.75) is 26.4 Å². The van der Waals surface area contributed by atoms with Crippen molar-refractivity contribution < 1.29 is 23.1 Å². The van der Waals surface area contributed by atoms with Gasteiger partial charge in [-0.3, -0.25) is 9.59 Å². The monoisotopic (exact) mass is 389 g/mol. The molecule has 1 atom stereocenters. The summed E-state index contributed by atoms with van der Waals surface area (Å²) >= 11 is 5.87. The Morgan fingerprint density at radius 3 is 2.78 bits per heavy atom. The summed E-state index contributed by atoms with van der Waals surface area (Å²) < 4.78 is 23.7. The summed E-state index contributed by atoms with van der Waals surface area (Å²) in [5.74, 6) is -1.64. The zero-order valence-electron chi connectivity index (χ0n) is 14.7. The number of hydrogen-bond donors (Lipinski definition) is 1. The van der Waals surface area contributed by atoms with E-state index in [-0.39, 0.29) is 17.1 Å². The number of carbonyl (C=O) groups is 2. The summed E-state index contributed by atoms with van der Waals surface area (Å²) in [6, 6.07) is 9.28. The van der Waals surface area contributed by atoms with Gasteiger partial charge in [0.1, 0.15) is 11.4 Å². The molecule has 140 valence electrons. The van der Waals surface area contributed by atoms with E-state index in [1.165, 1.54) is 25.3 Å². The van der Waals surface area contributed by atoms with Crippen molar-refractivity contribution in [3.8, 4) is 0 Å². The Morgan fingerprint density at radius 2 is 2.04 bits per heavy atom. The molecule has 1 amide bonds. The molecule has 0 fully saturated rings. The minimum atomic E-state index is -1.04.